The van der Waals surface area contributed by atoms with E-state index in [1.165, 1.54) is 12.1 Å². The van der Waals surface area contributed by atoms with E-state index in [0.717, 1.165) is 24.1 Å². The highest BCUT2D eigenvalue weighted by Gasteiger charge is 2.34. The number of benzene rings is 1. The highest BCUT2D eigenvalue weighted by molar-refractivity contribution is 5.74. The molecule has 2 unspecified atom stereocenters. The van der Waals surface area contributed by atoms with E-state index in [0.29, 0.717) is 45.9 Å². The van der Waals surface area contributed by atoms with Gasteiger partial charge < -0.3 is 20.3 Å². The van der Waals surface area contributed by atoms with E-state index in [2.05, 4.69) is 0 Å². The Morgan fingerprint density at radius 2 is 1.77 bits per heavy atom. The van der Waals surface area contributed by atoms with E-state index in [1.54, 1.807) is 9.80 Å². The molecule has 0 bridgehead atoms. The normalized spacial score (nSPS) is 24.6. The molecule has 2 aliphatic rings. The molecule has 144 valence electrons. The first kappa shape index (κ1) is 19.0. The number of hydrogen-bond acceptors (Lipinski definition) is 3. The Balaban J connectivity index is 1.73. The molecule has 1 aromatic rings. The number of amides is 2. The molecule has 2 amide bonds. The highest BCUT2D eigenvalue weighted by Crippen LogP contribution is 2.34. The number of carbonyl (C=O) groups excluding carboxylic acids is 1. The summed E-state index contributed by atoms with van der Waals surface area (Å²) in [6, 6.07) is 5.21. The molecule has 2 aliphatic heterocycles. The second-order valence-electron chi connectivity index (χ2n) is 6.94. The van der Waals surface area contributed by atoms with Crippen LogP contribution in [0.15, 0.2) is 24.3 Å². The van der Waals surface area contributed by atoms with Crippen LogP contribution >= 0.6 is 0 Å². The maximum absolute atomic E-state index is 12.8. The van der Waals surface area contributed by atoms with Crippen LogP contribution in [0.25, 0.3) is 0 Å². The summed E-state index contributed by atoms with van der Waals surface area (Å²) in [6.07, 6.45) is -3.57. The van der Waals surface area contributed by atoms with E-state index >= 15 is 0 Å². The summed E-state index contributed by atoms with van der Waals surface area (Å²) in [5.74, 6) is 0.130. The fourth-order valence-corrected chi connectivity index (χ4v) is 3.67. The lowest BCUT2D eigenvalue weighted by atomic mass is 9.84. The van der Waals surface area contributed by atoms with Gasteiger partial charge in [0.15, 0.2) is 0 Å². The molecule has 2 saturated heterocycles. The number of halogens is 3. The Kier molecular flexibility index (Phi) is 5.72. The van der Waals surface area contributed by atoms with Gasteiger partial charge in [-0.25, -0.2) is 4.79 Å². The molecule has 2 N–H and O–H groups in total. The topological polar surface area (TPSA) is 58.8 Å². The van der Waals surface area contributed by atoms with Crippen LogP contribution in [0, 0.1) is 5.92 Å². The fraction of sp³-hybridized carbons (Fsp3) is 0.611. The first-order valence-corrected chi connectivity index (χ1v) is 8.87. The number of piperidine rings is 1. The first-order valence-electron chi connectivity index (χ1n) is 8.87. The van der Waals surface area contributed by atoms with Crippen LogP contribution in [-0.4, -0.2) is 61.8 Å². The average molecular weight is 371 g/mol. The van der Waals surface area contributed by atoms with Gasteiger partial charge in [-0.2, -0.15) is 13.2 Å². The molecular weight excluding hydrogens is 347 g/mol. The number of urea groups is 1. The van der Waals surface area contributed by atoms with Crippen LogP contribution in [0.5, 0.6) is 0 Å². The third-order valence-electron chi connectivity index (χ3n) is 5.13. The summed E-state index contributed by atoms with van der Waals surface area (Å²) >= 11 is 0. The van der Waals surface area contributed by atoms with Gasteiger partial charge in [0.1, 0.15) is 0 Å². The number of hydrogen-bond donors (Lipinski definition) is 1. The van der Waals surface area contributed by atoms with Gasteiger partial charge in [-0.05, 0) is 36.6 Å². The zero-order valence-corrected chi connectivity index (χ0v) is 14.5. The zero-order chi connectivity index (χ0) is 18.7. The number of rotatable bonds is 2. The molecule has 3 rings (SSSR count). The van der Waals surface area contributed by atoms with Crippen molar-refractivity contribution in [1.29, 1.82) is 0 Å². The Morgan fingerprint density at radius 1 is 1.12 bits per heavy atom. The maximum Gasteiger partial charge on any atom is 0.416 e. The lowest BCUT2D eigenvalue weighted by Gasteiger charge is -2.41. The van der Waals surface area contributed by atoms with E-state index in [-0.39, 0.29) is 17.9 Å². The third kappa shape index (κ3) is 4.29. The highest BCUT2D eigenvalue weighted by atomic mass is 19.4. The minimum atomic E-state index is -4.34. The Bertz CT molecular complexity index is 615. The average Bonchev–Trinajstić information content (AvgIpc) is 2.67. The predicted molar refractivity (Wildman–Crippen MR) is 90.7 cm³/mol. The number of nitrogens with zero attached hydrogens (tertiary/aromatic N) is 2. The van der Waals surface area contributed by atoms with Gasteiger partial charge in [-0.1, -0.05) is 12.1 Å². The Morgan fingerprint density at radius 3 is 2.35 bits per heavy atom. The van der Waals surface area contributed by atoms with E-state index in [4.69, 9.17) is 10.5 Å². The fourth-order valence-electron chi connectivity index (χ4n) is 3.67. The zero-order valence-electron chi connectivity index (χ0n) is 14.5. The molecule has 8 heteroatoms. The molecule has 0 saturated carbocycles. The van der Waals surface area contributed by atoms with Crippen molar-refractivity contribution < 1.29 is 22.7 Å². The monoisotopic (exact) mass is 371 g/mol. The van der Waals surface area contributed by atoms with Gasteiger partial charge >= 0.3 is 12.2 Å². The van der Waals surface area contributed by atoms with Crippen LogP contribution in [0.3, 0.4) is 0 Å². The Hall–Kier alpha value is -1.80. The number of ether oxygens (including phenoxy) is 1. The molecule has 2 heterocycles. The number of nitrogens with two attached hydrogens (primary N) is 1. The lowest BCUT2D eigenvalue weighted by Crippen LogP contribution is -2.53. The van der Waals surface area contributed by atoms with Crippen molar-refractivity contribution in [2.24, 2.45) is 11.7 Å². The second-order valence-corrected chi connectivity index (χ2v) is 6.94. The minimum absolute atomic E-state index is 0.00965. The summed E-state index contributed by atoms with van der Waals surface area (Å²) in [6.45, 7) is 3.72. The van der Waals surface area contributed by atoms with Crippen LogP contribution in [0.4, 0.5) is 18.0 Å². The largest absolute Gasteiger partial charge is 0.416 e. The van der Waals surface area contributed by atoms with Gasteiger partial charge in [0, 0.05) is 32.1 Å². The molecule has 26 heavy (non-hydrogen) atoms. The van der Waals surface area contributed by atoms with Crippen molar-refractivity contribution in [2.45, 2.75) is 18.5 Å². The standard InChI is InChI=1S/C18H24F3N3O2/c19-18(20,21)16-3-1-14(2-4-16)15-9-13(10-22)11-24(12-15)17(25)23-5-7-26-8-6-23/h1-4,13,15H,5-12,22H2. The van der Waals surface area contributed by atoms with E-state index in [9.17, 15) is 18.0 Å². The van der Waals surface area contributed by atoms with Gasteiger partial charge in [0.05, 0.1) is 18.8 Å². The maximum atomic E-state index is 12.8. The summed E-state index contributed by atoms with van der Waals surface area (Å²) in [7, 11) is 0. The molecular formula is C18H24F3N3O2. The molecule has 0 aromatic heterocycles. The number of likely N-dealkylation sites (tertiary alicyclic amines) is 1. The number of alkyl halides is 3. The SMILES string of the molecule is NCC1CC(c2ccc(C(F)(F)F)cc2)CN(C(=O)N2CCOCC2)C1. The summed E-state index contributed by atoms with van der Waals surface area (Å²) in [5, 5.41) is 0. The van der Waals surface area contributed by atoms with Crippen LogP contribution in [0.2, 0.25) is 0 Å². The van der Waals surface area contributed by atoms with Crippen molar-refractivity contribution in [3.63, 3.8) is 0 Å². The molecule has 0 aliphatic carbocycles. The minimum Gasteiger partial charge on any atom is -0.378 e. The third-order valence-corrected chi connectivity index (χ3v) is 5.13. The van der Waals surface area contributed by atoms with Gasteiger partial charge in [-0.15, -0.1) is 0 Å². The number of carbonyl (C=O) groups is 1. The number of morpholine rings is 1. The van der Waals surface area contributed by atoms with Crippen molar-refractivity contribution in [3.8, 4) is 0 Å². The molecule has 2 fully saturated rings. The summed E-state index contributed by atoms with van der Waals surface area (Å²) in [4.78, 5) is 16.3. The van der Waals surface area contributed by atoms with Crippen molar-refractivity contribution in [3.05, 3.63) is 35.4 Å². The molecule has 2 atom stereocenters. The van der Waals surface area contributed by atoms with E-state index < -0.39 is 11.7 Å². The molecule has 0 spiro atoms. The van der Waals surface area contributed by atoms with Crippen LogP contribution in [-0.2, 0) is 10.9 Å². The van der Waals surface area contributed by atoms with Crippen LogP contribution < -0.4 is 5.73 Å². The lowest BCUT2D eigenvalue weighted by molar-refractivity contribution is -0.137. The van der Waals surface area contributed by atoms with E-state index in [1.807, 2.05) is 0 Å². The van der Waals surface area contributed by atoms with Gasteiger partial charge in [-0.3, -0.25) is 0 Å². The molecule has 1 aromatic carbocycles. The summed E-state index contributed by atoms with van der Waals surface area (Å²) in [5.41, 5.74) is 6.00. The van der Waals surface area contributed by atoms with Crippen molar-refractivity contribution >= 4 is 6.03 Å². The van der Waals surface area contributed by atoms with Crippen LogP contribution in [0.1, 0.15) is 23.5 Å². The smallest absolute Gasteiger partial charge is 0.378 e. The Labute approximate surface area is 150 Å². The molecule has 5 nitrogen and oxygen atoms in total. The van der Waals surface area contributed by atoms with Crippen molar-refractivity contribution in [1.82, 2.24) is 9.80 Å². The second kappa shape index (κ2) is 7.84. The predicted octanol–water partition coefficient (Wildman–Crippen LogP) is 2.52. The van der Waals surface area contributed by atoms with Gasteiger partial charge in [0.2, 0.25) is 0 Å². The quantitative estimate of drug-likeness (QED) is 0.869. The van der Waals surface area contributed by atoms with Gasteiger partial charge in [0.25, 0.3) is 0 Å². The van der Waals surface area contributed by atoms with Crippen molar-refractivity contribution in [2.75, 3.05) is 45.9 Å². The molecule has 0 radical (unpaired) electrons. The summed E-state index contributed by atoms with van der Waals surface area (Å²) < 4.78 is 43.6. The first-order chi connectivity index (χ1) is 12.4.